The quantitative estimate of drug-likeness (QED) is 0.840. The van der Waals surface area contributed by atoms with Crippen molar-refractivity contribution >= 4 is 10.8 Å². The minimum atomic E-state index is -1.55. The van der Waals surface area contributed by atoms with Crippen molar-refractivity contribution in [3.8, 4) is 6.07 Å². The number of hydrogen-bond donors (Lipinski definition) is 0. The van der Waals surface area contributed by atoms with Crippen molar-refractivity contribution in [1.29, 1.82) is 5.26 Å². The van der Waals surface area contributed by atoms with Crippen LogP contribution in [0.5, 0.6) is 0 Å². The Morgan fingerprint density at radius 1 is 1.16 bits per heavy atom. The molecule has 0 aliphatic carbocycles. The Bertz CT molecular complexity index is 684. The number of nitrogens with zero attached hydrogens (tertiary/aromatic N) is 1. The number of benzene rings is 2. The number of hydrogen-bond acceptors (Lipinski definition) is 2. The average molecular weight is 273 g/mol. The Hall–Kier alpha value is -1.99. The van der Waals surface area contributed by atoms with Gasteiger partial charge < -0.3 is 0 Å². The summed E-state index contributed by atoms with van der Waals surface area (Å²) in [6, 6.07) is 11.5. The van der Waals surface area contributed by atoms with Crippen molar-refractivity contribution in [3.05, 3.63) is 58.9 Å². The van der Waals surface area contributed by atoms with Gasteiger partial charge in [-0.2, -0.15) is 5.26 Å². The van der Waals surface area contributed by atoms with E-state index in [9.17, 15) is 8.60 Å². The molecule has 0 aliphatic heterocycles. The minimum Gasteiger partial charge on any atom is -0.249 e. The molecular formula is C15H12FNOS. The molecule has 0 unspecified atom stereocenters. The monoisotopic (exact) mass is 273 g/mol. The fraction of sp³-hybridized carbons (Fsp3) is 0.133. The van der Waals surface area contributed by atoms with Gasteiger partial charge in [0.1, 0.15) is 17.4 Å². The summed E-state index contributed by atoms with van der Waals surface area (Å²) in [5, 5.41) is 8.98. The number of nitriles is 1. The van der Waals surface area contributed by atoms with Crippen LogP contribution in [0.2, 0.25) is 0 Å². The van der Waals surface area contributed by atoms with E-state index >= 15 is 0 Å². The second kappa shape index (κ2) is 5.33. The number of aryl methyl sites for hydroxylation is 2. The Labute approximate surface area is 114 Å². The van der Waals surface area contributed by atoms with Gasteiger partial charge >= 0.3 is 0 Å². The molecule has 19 heavy (non-hydrogen) atoms. The molecule has 0 fully saturated rings. The highest BCUT2D eigenvalue weighted by Gasteiger charge is 2.15. The standard InChI is InChI=1S/C15H12FNOS/c1-10-6-11(2)8-12(7-10)19(18)15-5-3-4-14(16)13(15)9-17/h3-8H,1-2H3/t19-/m0/s1. The topological polar surface area (TPSA) is 40.9 Å². The molecule has 0 aromatic heterocycles. The summed E-state index contributed by atoms with van der Waals surface area (Å²) in [5.74, 6) is -0.641. The maximum absolute atomic E-state index is 13.5. The number of rotatable bonds is 2. The van der Waals surface area contributed by atoms with Crippen molar-refractivity contribution in [2.45, 2.75) is 23.6 Å². The third kappa shape index (κ3) is 2.72. The molecule has 1 atom stereocenters. The third-order valence-electron chi connectivity index (χ3n) is 2.70. The van der Waals surface area contributed by atoms with Crippen molar-refractivity contribution in [2.75, 3.05) is 0 Å². The van der Waals surface area contributed by atoms with Gasteiger partial charge in [0.2, 0.25) is 0 Å². The third-order valence-corrected chi connectivity index (χ3v) is 4.10. The lowest BCUT2D eigenvalue weighted by atomic mass is 10.2. The van der Waals surface area contributed by atoms with Gasteiger partial charge in [0.15, 0.2) is 0 Å². The van der Waals surface area contributed by atoms with Crippen LogP contribution in [-0.2, 0) is 10.8 Å². The zero-order valence-corrected chi connectivity index (χ0v) is 11.4. The van der Waals surface area contributed by atoms with Gasteiger partial charge in [0.25, 0.3) is 0 Å². The lowest BCUT2D eigenvalue weighted by molar-refractivity contribution is 0.618. The molecule has 2 rings (SSSR count). The lowest BCUT2D eigenvalue weighted by Crippen LogP contribution is -1.99. The average Bonchev–Trinajstić information content (AvgIpc) is 2.36. The highest BCUT2D eigenvalue weighted by molar-refractivity contribution is 7.85. The van der Waals surface area contributed by atoms with Crippen LogP contribution in [-0.4, -0.2) is 4.21 Å². The van der Waals surface area contributed by atoms with Crippen LogP contribution in [0.25, 0.3) is 0 Å². The van der Waals surface area contributed by atoms with Gasteiger partial charge in [-0.25, -0.2) is 8.60 Å². The smallest absolute Gasteiger partial charge is 0.142 e. The molecule has 0 amide bonds. The molecule has 0 radical (unpaired) electrons. The van der Waals surface area contributed by atoms with Gasteiger partial charge in [-0.3, -0.25) is 0 Å². The van der Waals surface area contributed by atoms with E-state index in [2.05, 4.69) is 0 Å². The van der Waals surface area contributed by atoms with Crippen LogP contribution < -0.4 is 0 Å². The molecule has 0 bridgehead atoms. The summed E-state index contributed by atoms with van der Waals surface area (Å²) < 4.78 is 26.0. The van der Waals surface area contributed by atoms with Gasteiger partial charge in [-0.1, -0.05) is 12.1 Å². The van der Waals surface area contributed by atoms with Crippen molar-refractivity contribution in [3.63, 3.8) is 0 Å². The fourth-order valence-electron chi connectivity index (χ4n) is 1.93. The second-order valence-corrected chi connectivity index (χ2v) is 5.77. The predicted molar refractivity (Wildman–Crippen MR) is 71.7 cm³/mol. The second-order valence-electron chi connectivity index (χ2n) is 4.32. The normalized spacial score (nSPS) is 11.9. The SMILES string of the molecule is Cc1cc(C)cc([S@](=O)c2cccc(F)c2C#N)c1. The van der Waals surface area contributed by atoms with Crippen LogP contribution in [0.1, 0.15) is 16.7 Å². The van der Waals surface area contributed by atoms with Gasteiger partial charge in [-0.05, 0) is 49.2 Å². The van der Waals surface area contributed by atoms with Gasteiger partial charge in [0.05, 0.1) is 15.7 Å². The molecule has 0 saturated carbocycles. The zero-order chi connectivity index (χ0) is 14.0. The summed E-state index contributed by atoms with van der Waals surface area (Å²) in [5.41, 5.74) is 1.82. The largest absolute Gasteiger partial charge is 0.249 e. The highest BCUT2D eigenvalue weighted by Crippen LogP contribution is 2.23. The molecule has 0 N–H and O–H groups in total. The first-order valence-electron chi connectivity index (χ1n) is 5.71. The molecule has 0 spiro atoms. The Morgan fingerprint density at radius 2 is 1.79 bits per heavy atom. The van der Waals surface area contributed by atoms with E-state index in [4.69, 9.17) is 5.26 Å². The molecular weight excluding hydrogens is 261 g/mol. The van der Waals surface area contributed by atoms with E-state index in [1.54, 1.807) is 18.2 Å². The molecule has 0 saturated heterocycles. The predicted octanol–water partition coefficient (Wildman–Crippen LogP) is 3.48. The van der Waals surface area contributed by atoms with Crippen molar-refractivity contribution in [2.24, 2.45) is 0 Å². The first-order valence-corrected chi connectivity index (χ1v) is 6.86. The molecule has 2 nitrogen and oxygen atoms in total. The van der Waals surface area contributed by atoms with Crippen LogP contribution in [0.3, 0.4) is 0 Å². The summed E-state index contributed by atoms with van der Waals surface area (Å²) in [4.78, 5) is 0.798. The van der Waals surface area contributed by atoms with E-state index in [0.717, 1.165) is 11.1 Å². The maximum atomic E-state index is 13.5. The molecule has 2 aromatic carbocycles. The summed E-state index contributed by atoms with van der Waals surface area (Å²) in [7, 11) is -1.55. The highest BCUT2D eigenvalue weighted by atomic mass is 32.2. The van der Waals surface area contributed by atoms with E-state index in [1.165, 1.54) is 18.2 Å². The molecule has 4 heteroatoms. The van der Waals surface area contributed by atoms with Gasteiger partial charge in [-0.15, -0.1) is 0 Å². The Balaban J connectivity index is 2.57. The Morgan fingerprint density at radius 3 is 2.37 bits per heavy atom. The maximum Gasteiger partial charge on any atom is 0.142 e. The van der Waals surface area contributed by atoms with Crippen LogP contribution in [0.4, 0.5) is 4.39 Å². The van der Waals surface area contributed by atoms with Gasteiger partial charge in [0, 0.05) is 4.90 Å². The first-order chi connectivity index (χ1) is 9.02. The van der Waals surface area contributed by atoms with Crippen LogP contribution in [0.15, 0.2) is 46.2 Å². The molecule has 96 valence electrons. The molecule has 2 aromatic rings. The summed E-state index contributed by atoms with van der Waals surface area (Å²) in [6.07, 6.45) is 0. The van der Waals surface area contributed by atoms with Crippen LogP contribution >= 0.6 is 0 Å². The summed E-state index contributed by atoms with van der Waals surface area (Å²) in [6.45, 7) is 3.81. The van der Waals surface area contributed by atoms with E-state index in [-0.39, 0.29) is 10.5 Å². The van der Waals surface area contributed by atoms with Crippen molar-refractivity contribution < 1.29 is 8.60 Å². The van der Waals surface area contributed by atoms with Crippen LogP contribution in [0, 0.1) is 31.0 Å². The van der Waals surface area contributed by atoms with E-state index < -0.39 is 16.6 Å². The molecule has 0 aliphatic rings. The minimum absolute atomic E-state index is 0.153. The van der Waals surface area contributed by atoms with E-state index in [1.807, 2.05) is 19.9 Å². The zero-order valence-electron chi connectivity index (χ0n) is 10.6. The molecule has 0 heterocycles. The number of halogens is 1. The van der Waals surface area contributed by atoms with Crippen molar-refractivity contribution in [1.82, 2.24) is 0 Å². The lowest BCUT2D eigenvalue weighted by Gasteiger charge is -2.07. The first kappa shape index (κ1) is 13.4. The fourth-order valence-corrected chi connectivity index (χ4v) is 3.30. The van der Waals surface area contributed by atoms with E-state index in [0.29, 0.717) is 4.90 Å². The Kier molecular flexibility index (Phi) is 3.77. The summed E-state index contributed by atoms with van der Waals surface area (Å²) >= 11 is 0.